The van der Waals surface area contributed by atoms with Crippen LogP contribution < -0.4 is 0 Å². The average molecular weight is 348 g/mol. The molecule has 0 radical (unpaired) electrons. The number of benzene rings is 1. The molecule has 0 saturated carbocycles. The zero-order chi connectivity index (χ0) is 17.0. The van der Waals surface area contributed by atoms with E-state index in [-0.39, 0.29) is 28.7 Å². The molecule has 1 aliphatic rings. The lowest BCUT2D eigenvalue weighted by atomic mass is 10.1. The van der Waals surface area contributed by atoms with Crippen molar-refractivity contribution in [3.05, 3.63) is 38.9 Å². The van der Waals surface area contributed by atoms with Crippen molar-refractivity contribution >= 4 is 23.2 Å². The maximum absolute atomic E-state index is 12.4. The van der Waals surface area contributed by atoms with Gasteiger partial charge in [0, 0.05) is 37.8 Å². The molecule has 1 aromatic carbocycles. The summed E-state index contributed by atoms with van der Waals surface area (Å²) in [6, 6.07) is 3.81. The van der Waals surface area contributed by atoms with Crippen molar-refractivity contribution < 1.29 is 18.5 Å². The highest BCUT2D eigenvalue weighted by molar-refractivity contribution is 6.33. The summed E-state index contributed by atoms with van der Waals surface area (Å²) in [7, 11) is 0. The van der Waals surface area contributed by atoms with Gasteiger partial charge in [0.2, 0.25) is 0 Å². The van der Waals surface area contributed by atoms with E-state index in [9.17, 15) is 23.7 Å². The largest absolute Gasteiger partial charge is 0.337 e. The van der Waals surface area contributed by atoms with Crippen LogP contribution in [-0.4, -0.2) is 59.8 Å². The number of carbonyl (C=O) groups is 1. The third kappa shape index (κ3) is 4.59. The highest BCUT2D eigenvalue weighted by Crippen LogP contribution is 2.25. The van der Waals surface area contributed by atoms with Crippen molar-refractivity contribution in [2.24, 2.45) is 0 Å². The zero-order valence-corrected chi connectivity index (χ0v) is 13.0. The number of amides is 1. The van der Waals surface area contributed by atoms with E-state index in [1.165, 1.54) is 18.2 Å². The predicted molar refractivity (Wildman–Crippen MR) is 81.1 cm³/mol. The number of nitro benzene ring substituents is 1. The molecule has 1 aromatic rings. The number of carbonyl (C=O) groups excluding carboxylic acids is 1. The summed E-state index contributed by atoms with van der Waals surface area (Å²) >= 11 is 5.82. The Labute approximate surface area is 136 Å². The Kier molecular flexibility index (Phi) is 5.84. The topological polar surface area (TPSA) is 66.7 Å². The first-order valence-corrected chi connectivity index (χ1v) is 7.50. The molecule has 1 fully saturated rings. The number of nitro groups is 1. The Bertz CT molecular complexity index is 601. The molecular formula is C14H16ClF2N3O3. The summed E-state index contributed by atoms with van der Waals surface area (Å²) in [6.07, 6.45) is -1.80. The van der Waals surface area contributed by atoms with Gasteiger partial charge in [-0.25, -0.2) is 8.78 Å². The quantitative estimate of drug-likeness (QED) is 0.620. The molecule has 1 amide bonds. The van der Waals surface area contributed by atoms with E-state index in [2.05, 4.69) is 0 Å². The van der Waals surface area contributed by atoms with E-state index in [4.69, 9.17) is 11.6 Å². The molecular weight excluding hydrogens is 332 g/mol. The van der Waals surface area contributed by atoms with Crippen LogP contribution in [0, 0.1) is 10.1 Å². The van der Waals surface area contributed by atoms with Crippen LogP contribution in [0.1, 0.15) is 16.8 Å². The first-order chi connectivity index (χ1) is 10.9. The molecule has 126 valence electrons. The molecule has 6 nitrogen and oxygen atoms in total. The number of hydrogen-bond acceptors (Lipinski definition) is 4. The van der Waals surface area contributed by atoms with Gasteiger partial charge >= 0.3 is 0 Å². The molecule has 0 atom stereocenters. The van der Waals surface area contributed by atoms with E-state index in [0.29, 0.717) is 32.6 Å². The predicted octanol–water partition coefficient (Wildman–Crippen LogP) is 2.66. The van der Waals surface area contributed by atoms with Crippen molar-refractivity contribution in [2.75, 3.05) is 32.7 Å². The molecule has 0 aliphatic carbocycles. The summed E-state index contributed by atoms with van der Waals surface area (Å²) in [4.78, 5) is 25.7. The third-order valence-electron chi connectivity index (χ3n) is 3.66. The van der Waals surface area contributed by atoms with E-state index in [0.717, 1.165) is 0 Å². The number of hydrogen-bond donors (Lipinski definition) is 0. The highest BCUT2D eigenvalue weighted by atomic mass is 35.5. The van der Waals surface area contributed by atoms with Gasteiger partial charge in [0.05, 0.1) is 11.5 Å². The fourth-order valence-electron chi connectivity index (χ4n) is 2.52. The summed E-state index contributed by atoms with van der Waals surface area (Å²) in [5.41, 5.74) is -0.00917. The molecule has 9 heteroatoms. The monoisotopic (exact) mass is 347 g/mol. The van der Waals surface area contributed by atoms with Crippen LogP contribution in [0.5, 0.6) is 0 Å². The Morgan fingerprint density at radius 1 is 1.30 bits per heavy atom. The van der Waals surface area contributed by atoms with Gasteiger partial charge in [-0.2, -0.15) is 0 Å². The Morgan fingerprint density at radius 2 is 2.04 bits per heavy atom. The van der Waals surface area contributed by atoms with Gasteiger partial charge in [0.15, 0.2) is 0 Å². The maximum atomic E-state index is 12.4. The number of alkyl halides is 2. The number of nitrogens with zero attached hydrogens (tertiary/aromatic N) is 3. The number of rotatable bonds is 4. The van der Waals surface area contributed by atoms with Crippen LogP contribution in [0.25, 0.3) is 0 Å². The Morgan fingerprint density at radius 3 is 2.65 bits per heavy atom. The van der Waals surface area contributed by atoms with Crippen molar-refractivity contribution in [1.82, 2.24) is 9.80 Å². The van der Waals surface area contributed by atoms with Gasteiger partial charge in [-0.15, -0.1) is 0 Å². The molecule has 1 heterocycles. The molecule has 23 heavy (non-hydrogen) atoms. The van der Waals surface area contributed by atoms with E-state index in [1.807, 2.05) is 0 Å². The minimum atomic E-state index is -2.40. The first-order valence-electron chi connectivity index (χ1n) is 7.12. The lowest BCUT2D eigenvalue weighted by molar-refractivity contribution is -0.384. The lowest BCUT2D eigenvalue weighted by Crippen LogP contribution is -2.36. The zero-order valence-electron chi connectivity index (χ0n) is 12.3. The molecule has 0 aromatic heterocycles. The third-order valence-corrected chi connectivity index (χ3v) is 3.97. The summed E-state index contributed by atoms with van der Waals surface area (Å²) in [5, 5.41) is 10.6. The van der Waals surface area contributed by atoms with E-state index in [1.54, 1.807) is 9.80 Å². The van der Waals surface area contributed by atoms with Gasteiger partial charge in [0.1, 0.15) is 5.02 Å². The van der Waals surface area contributed by atoms with Gasteiger partial charge < -0.3 is 4.90 Å². The van der Waals surface area contributed by atoms with Gasteiger partial charge in [0.25, 0.3) is 18.0 Å². The highest BCUT2D eigenvalue weighted by Gasteiger charge is 2.23. The van der Waals surface area contributed by atoms with Gasteiger partial charge in [-0.1, -0.05) is 11.6 Å². The molecule has 2 rings (SSSR count). The fraction of sp³-hybridized carbons (Fsp3) is 0.500. The minimum absolute atomic E-state index is 0.102. The normalized spacial score (nSPS) is 16.4. The lowest BCUT2D eigenvalue weighted by Gasteiger charge is -2.21. The molecule has 0 N–H and O–H groups in total. The number of halogens is 3. The molecule has 0 unspecified atom stereocenters. The van der Waals surface area contributed by atoms with Crippen LogP contribution in [0.3, 0.4) is 0 Å². The Hall–Kier alpha value is -1.80. The SMILES string of the molecule is O=C(c1ccc([N+](=O)[O-])c(Cl)c1)N1CCCN(CC(F)F)CC1. The van der Waals surface area contributed by atoms with Crippen LogP contribution >= 0.6 is 11.6 Å². The second kappa shape index (κ2) is 7.65. The summed E-state index contributed by atoms with van der Waals surface area (Å²) in [6.45, 7) is 1.37. The smallest absolute Gasteiger partial charge is 0.287 e. The molecule has 0 spiro atoms. The fourth-order valence-corrected chi connectivity index (χ4v) is 2.77. The van der Waals surface area contributed by atoms with Gasteiger partial charge in [-0.3, -0.25) is 19.8 Å². The second-order valence-electron chi connectivity index (χ2n) is 5.26. The average Bonchev–Trinajstić information content (AvgIpc) is 2.71. The van der Waals surface area contributed by atoms with Crippen LogP contribution in [0.2, 0.25) is 5.02 Å². The van der Waals surface area contributed by atoms with Crippen LogP contribution in [-0.2, 0) is 0 Å². The Balaban J connectivity index is 2.05. The maximum Gasteiger partial charge on any atom is 0.287 e. The first kappa shape index (κ1) is 17.6. The van der Waals surface area contributed by atoms with Crippen LogP contribution in [0.4, 0.5) is 14.5 Å². The molecule has 1 saturated heterocycles. The van der Waals surface area contributed by atoms with E-state index < -0.39 is 11.3 Å². The van der Waals surface area contributed by atoms with Crippen LogP contribution in [0.15, 0.2) is 18.2 Å². The van der Waals surface area contributed by atoms with Crippen molar-refractivity contribution in [3.8, 4) is 0 Å². The van der Waals surface area contributed by atoms with Crippen molar-refractivity contribution in [1.29, 1.82) is 0 Å². The second-order valence-corrected chi connectivity index (χ2v) is 5.67. The summed E-state index contributed by atoms with van der Waals surface area (Å²) < 4.78 is 24.9. The summed E-state index contributed by atoms with van der Waals surface area (Å²) in [5.74, 6) is -0.305. The van der Waals surface area contributed by atoms with Crippen molar-refractivity contribution in [2.45, 2.75) is 12.8 Å². The molecule has 0 bridgehead atoms. The van der Waals surface area contributed by atoms with Crippen molar-refractivity contribution in [3.63, 3.8) is 0 Å². The molecule has 1 aliphatic heterocycles. The standard InChI is InChI=1S/C14H16ClF2N3O3/c15-11-8-10(2-3-12(11)20(22)23)14(21)19-5-1-4-18(6-7-19)9-13(16)17/h2-3,8,13H,1,4-7,9H2. The van der Waals surface area contributed by atoms with E-state index >= 15 is 0 Å². The minimum Gasteiger partial charge on any atom is -0.337 e. The van der Waals surface area contributed by atoms with Gasteiger partial charge in [-0.05, 0) is 18.6 Å².